The Hall–Kier alpha value is -0.310. The van der Waals surface area contributed by atoms with Crippen molar-refractivity contribution in [1.82, 2.24) is 0 Å². The van der Waals surface area contributed by atoms with Crippen molar-refractivity contribution < 1.29 is 8.42 Å². The minimum Gasteiger partial charge on any atom is -0.228 e. The summed E-state index contributed by atoms with van der Waals surface area (Å²) >= 11 is 0. The van der Waals surface area contributed by atoms with Crippen molar-refractivity contribution in [3.05, 3.63) is 12.2 Å². The molecule has 3 heteroatoms. The molecule has 1 aliphatic rings. The Morgan fingerprint density at radius 3 is 2.00 bits per heavy atom. The van der Waals surface area contributed by atoms with E-state index in [9.17, 15) is 8.42 Å². The molecule has 1 rings (SSSR count). The van der Waals surface area contributed by atoms with Gasteiger partial charge in [-0.1, -0.05) is 32.9 Å². The smallest absolute Gasteiger partial charge is 0.156 e. The van der Waals surface area contributed by atoms with E-state index in [1.165, 1.54) is 12.8 Å². The fourth-order valence-corrected chi connectivity index (χ4v) is 3.77. The minimum absolute atomic E-state index is 0.0478. The van der Waals surface area contributed by atoms with Gasteiger partial charge in [-0.3, -0.25) is 0 Å². The Kier molecular flexibility index (Phi) is 5.17. The summed E-state index contributed by atoms with van der Waals surface area (Å²) in [5.74, 6) is 0.319. The zero-order chi connectivity index (χ0) is 15.7. The van der Waals surface area contributed by atoms with Crippen LogP contribution in [-0.4, -0.2) is 18.9 Å². The molecule has 0 aliphatic heterocycles. The number of sulfone groups is 1. The number of hydrogen-bond donors (Lipinski definition) is 0. The van der Waals surface area contributed by atoms with Crippen molar-refractivity contribution in [3.8, 4) is 0 Å². The largest absolute Gasteiger partial charge is 0.228 e. The Bertz CT molecular complexity index is 440. The van der Waals surface area contributed by atoms with Crippen molar-refractivity contribution in [2.45, 2.75) is 78.4 Å². The summed E-state index contributed by atoms with van der Waals surface area (Å²) in [4.78, 5) is 0. The summed E-state index contributed by atoms with van der Waals surface area (Å²) in [6, 6.07) is 0. The lowest BCUT2D eigenvalue weighted by Gasteiger charge is -2.22. The van der Waals surface area contributed by atoms with Crippen molar-refractivity contribution >= 4 is 9.84 Å². The van der Waals surface area contributed by atoms with E-state index < -0.39 is 14.6 Å². The van der Waals surface area contributed by atoms with Gasteiger partial charge in [-0.15, -0.1) is 0 Å². The molecular weight excluding hydrogens is 268 g/mol. The quantitative estimate of drug-likeness (QED) is 0.524. The number of unbranched alkanes of at least 4 members (excludes halogenated alkanes) is 1. The van der Waals surface area contributed by atoms with Crippen LogP contribution in [0.15, 0.2) is 12.2 Å². The third-order valence-electron chi connectivity index (χ3n) is 4.07. The monoisotopic (exact) mass is 300 g/mol. The van der Waals surface area contributed by atoms with Gasteiger partial charge in [0.15, 0.2) is 9.84 Å². The molecule has 0 N–H and O–H groups in total. The van der Waals surface area contributed by atoms with Crippen LogP contribution in [0.3, 0.4) is 0 Å². The maximum Gasteiger partial charge on any atom is 0.156 e. The predicted octanol–water partition coefficient (Wildman–Crippen LogP) is 4.75. The van der Waals surface area contributed by atoms with Crippen molar-refractivity contribution in [3.63, 3.8) is 0 Å². The molecule has 0 amide bonds. The molecule has 0 bridgehead atoms. The Morgan fingerprint density at radius 2 is 1.60 bits per heavy atom. The molecule has 0 unspecified atom stereocenters. The first kappa shape index (κ1) is 17.7. The Balaban J connectivity index is 2.48. The zero-order valence-electron chi connectivity index (χ0n) is 14.1. The average molecular weight is 301 g/mol. The molecule has 0 atom stereocenters. The highest BCUT2D eigenvalue weighted by Crippen LogP contribution is 2.49. The van der Waals surface area contributed by atoms with Crippen LogP contribution < -0.4 is 0 Å². The minimum atomic E-state index is -3.01. The lowest BCUT2D eigenvalue weighted by Crippen LogP contribution is -2.33. The van der Waals surface area contributed by atoms with Crippen LogP contribution in [0.4, 0.5) is 0 Å². The molecule has 2 nitrogen and oxygen atoms in total. The van der Waals surface area contributed by atoms with E-state index in [2.05, 4.69) is 32.9 Å². The first-order valence-electron chi connectivity index (χ1n) is 7.77. The van der Waals surface area contributed by atoms with Crippen LogP contribution in [-0.2, 0) is 9.84 Å². The SMILES string of the molecule is CC(C)(C)CCC/C=C/C1(CS(=O)(=O)C(C)(C)C)CC1. The second kappa shape index (κ2) is 5.82. The van der Waals surface area contributed by atoms with Gasteiger partial charge < -0.3 is 0 Å². The van der Waals surface area contributed by atoms with Gasteiger partial charge >= 0.3 is 0 Å². The average Bonchev–Trinajstić information content (AvgIpc) is 2.93. The van der Waals surface area contributed by atoms with E-state index in [1.807, 2.05) is 0 Å². The molecule has 0 aromatic heterocycles. The van der Waals surface area contributed by atoms with E-state index in [4.69, 9.17) is 0 Å². The van der Waals surface area contributed by atoms with Crippen LogP contribution in [0.2, 0.25) is 0 Å². The second-order valence-electron chi connectivity index (χ2n) is 8.59. The summed E-state index contributed by atoms with van der Waals surface area (Å²) in [7, 11) is -3.01. The van der Waals surface area contributed by atoms with Gasteiger partial charge in [-0.05, 0) is 58.3 Å². The van der Waals surface area contributed by atoms with E-state index >= 15 is 0 Å². The lowest BCUT2D eigenvalue weighted by atomic mass is 9.90. The summed E-state index contributed by atoms with van der Waals surface area (Å²) in [6.07, 6.45) is 9.90. The van der Waals surface area contributed by atoms with Gasteiger partial charge in [0.1, 0.15) is 0 Å². The Morgan fingerprint density at radius 1 is 1.05 bits per heavy atom. The molecule has 0 aromatic rings. The third-order valence-corrected chi connectivity index (χ3v) is 6.89. The number of allylic oxidation sites excluding steroid dienone is 2. The summed E-state index contributed by atoms with van der Waals surface area (Å²) < 4.78 is 24.0. The van der Waals surface area contributed by atoms with Gasteiger partial charge in [-0.25, -0.2) is 8.42 Å². The van der Waals surface area contributed by atoms with E-state index in [1.54, 1.807) is 20.8 Å². The van der Waals surface area contributed by atoms with Crippen molar-refractivity contribution in [1.29, 1.82) is 0 Å². The standard InChI is InChI=1S/C17H32O2S/c1-15(2,3)10-8-7-9-11-17(12-13-17)14-20(18,19)16(4,5)6/h9,11H,7-8,10,12-14H2,1-6H3/b11-9+. The molecule has 1 saturated carbocycles. The van der Waals surface area contributed by atoms with Gasteiger partial charge in [0.05, 0.1) is 10.5 Å². The highest BCUT2D eigenvalue weighted by molar-refractivity contribution is 7.92. The number of hydrogen-bond acceptors (Lipinski definition) is 2. The van der Waals surface area contributed by atoms with Crippen molar-refractivity contribution in [2.75, 3.05) is 5.75 Å². The van der Waals surface area contributed by atoms with E-state index in [0.29, 0.717) is 11.2 Å². The van der Waals surface area contributed by atoms with Gasteiger partial charge in [0.2, 0.25) is 0 Å². The first-order valence-corrected chi connectivity index (χ1v) is 9.42. The van der Waals surface area contributed by atoms with Gasteiger partial charge in [0, 0.05) is 5.41 Å². The van der Waals surface area contributed by atoms with Crippen LogP contribution >= 0.6 is 0 Å². The maximum atomic E-state index is 12.3. The molecule has 0 radical (unpaired) electrons. The Labute approximate surface area is 126 Å². The van der Waals surface area contributed by atoms with Crippen LogP contribution in [0, 0.1) is 10.8 Å². The van der Waals surface area contributed by atoms with Crippen LogP contribution in [0.5, 0.6) is 0 Å². The molecule has 118 valence electrons. The predicted molar refractivity (Wildman–Crippen MR) is 87.7 cm³/mol. The molecule has 0 spiro atoms. The summed E-state index contributed by atoms with van der Waals surface area (Å²) in [5.41, 5.74) is 0.342. The van der Waals surface area contributed by atoms with Crippen molar-refractivity contribution in [2.24, 2.45) is 10.8 Å². The lowest BCUT2D eigenvalue weighted by molar-refractivity contribution is 0.367. The molecule has 0 saturated heterocycles. The second-order valence-corrected chi connectivity index (χ2v) is 11.3. The van der Waals surface area contributed by atoms with E-state index in [0.717, 1.165) is 19.3 Å². The first-order chi connectivity index (χ1) is 8.87. The summed E-state index contributed by atoms with van der Waals surface area (Å²) in [5, 5.41) is 0. The van der Waals surface area contributed by atoms with Gasteiger partial charge in [0.25, 0.3) is 0 Å². The fourth-order valence-electron chi connectivity index (χ4n) is 2.20. The zero-order valence-corrected chi connectivity index (χ0v) is 14.9. The van der Waals surface area contributed by atoms with Gasteiger partial charge in [-0.2, -0.15) is 0 Å². The number of rotatable bonds is 6. The fraction of sp³-hybridized carbons (Fsp3) is 0.882. The highest BCUT2D eigenvalue weighted by atomic mass is 32.2. The van der Waals surface area contributed by atoms with Crippen LogP contribution in [0.1, 0.15) is 73.6 Å². The molecule has 1 fully saturated rings. The molecular formula is C17H32O2S. The normalized spacial score (nSPS) is 19.5. The van der Waals surface area contributed by atoms with E-state index in [-0.39, 0.29) is 5.41 Å². The third kappa shape index (κ3) is 5.59. The molecule has 0 heterocycles. The molecule has 1 aliphatic carbocycles. The topological polar surface area (TPSA) is 34.1 Å². The highest BCUT2D eigenvalue weighted by Gasteiger charge is 2.46. The molecule has 20 heavy (non-hydrogen) atoms. The van der Waals surface area contributed by atoms with Crippen LogP contribution in [0.25, 0.3) is 0 Å². The molecule has 0 aromatic carbocycles. The summed E-state index contributed by atoms with van der Waals surface area (Å²) in [6.45, 7) is 12.2. The maximum absolute atomic E-state index is 12.3.